The Morgan fingerprint density at radius 2 is 1.85 bits per heavy atom. The molecule has 0 saturated carbocycles. The van der Waals surface area contributed by atoms with Gasteiger partial charge in [-0.15, -0.1) is 13.2 Å². The zero-order chi connectivity index (χ0) is 19.3. The van der Waals surface area contributed by atoms with Crippen LogP contribution in [0.1, 0.15) is 12.0 Å². The van der Waals surface area contributed by atoms with Crippen LogP contribution in [0.15, 0.2) is 47.5 Å². The lowest BCUT2D eigenvalue weighted by Crippen LogP contribution is -2.23. The topological polar surface area (TPSA) is 78.1 Å². The second-order valence-electron chi connectivity index (χ2n) is 5.69. The first-order chi connectivity index (χ1) is 12.9. The lowest BCUT2D eigenvalue weighted by atomic mass is 10.2. The number of aliphatic imine (C=N–C) groups is 1. The molecule has 0 spiro atoms. The standard InChI is InChI=1S/C18H18F3N3O3/c19-18(20,21)27-14-5-2-1-4-12(14)11-23-17(22)24-13-6-7-15-16(10-13)26-9-3-8-25-15/h1-2,4-7,10H,3,8-9,11H2,(H3,22,23,24). The molecule has 0 atom stereocenters. The second kappa shape index (κ2) is 8.07. The van der Waals surface area contributed by atoms with Gasteiger partial charge in [-0.1, -0.05) is 18.2 Å². The van der Waals surface area contributed by atoms with Gasteiger partial charge < -0.3 is 25.3 Å². The average Bonchev–Trinajstić information content (AvgIpc) is 2.84. The molecule has 9 heteroatoms. The number of guanidine groups is 1. The molecule has 2 aromatic carbocycles. The van der Waals surface area contributed by atoms with Gasteiger partial charge in [0, 0.05) is 23.7 Å². The molecule has 0 bridgehead atoms. The van der Waals surface area contributed by atoms with E-state index in [2.05, 4.69) is 15.0 Å². The van der Waals surface area contributed by atoms with E-state index < -0.39 is 6.36 Å². The third kappa shape index (κ3) is 5.44. The summed E-state index contributed by atoms with van der Waals surface area (Å²) in [6.45, 7) is 1.06. The van der Waals surface area contributed by atoms with E-state index in [1.165, 1.54) is 18.2 Å². The van der Waals surface area contributed by atoms with E-state index >= 15 is 0 Å². The molecule has 1 aliphatic heterocycles. The zero-order valence-electron chi connectivity index (χ0n) is 14.3. The SMILES string of the molecule is NC(=NCc1ccccc1OC(F)(F)F)Nc1ccc2c(c1)OCCCO2. The van der Waals surface area contributed by atoms with Crippen LogP contribution in [0.2, 0.25) is 0 Å². The third-order valence-corrected chi connectivity index (χ3v) is 3.64. The first kappa shape index (κ1) is 18.7. The van der Waals surface area contributed by atoms with Crippen molar-refractivity contribution in [1.29, 1.82) is 0 Å². The summed E-state index contributed by atoms with van der Waals surface area (Å²) >= 11 is 0. The van der Waals surface area contributed by atoms with Gasteiger partial charge >= 0.3 is 6.36 Å². The molecule has 27 heavy (non-hydrogen) atoms. The highest BCUT2D eigenvalue weighted by molar-refractivity contribution is 5.92. The highest BCUT2D eigenvalue weighted by atomic mass is 19.4. The molecule has 0 aliphatic carbocycles. The molecule has 2 aromatic rings. The van der Waals surface area contributed by atoms with E-state index in [4.69, 9.17) is 15.2 Å². The molecular formula is C18H18F3N3O3. The fourth-order valence-electron chi connectivity index (χ4n) is 2.46. The highest BCUT2D eigenvalue weighted by Crippen LogP contribution is 2.32. The normalized spacial score (nSPS) is 14.4. The quantitative estimate of drug-likeness (QED) is 0.624. The Morgan fingerprint density at radius 3 is 2.63 bits per heavy atom. The Labute approximate surface area is 153 Å². The summed E-state index contributed by atoms with van der Waals surface area (Å²) in [5, 5.41) is 2.88. The van der Waals surface area contributed by atoms with Crippen LogP contribution in [-0.2, 0) is 6.54 Å². The number of benzene rings is 2. The summed E-state index contributed by atoms with van der Waals surface area (Å²) in [6, 6.07) is 11.0. The van der Waals surface area contributed by atoms with E-state index in [0.717, 1.165) is 6.42 Å². The van der Waals surface area contributed by atoms with Crippen LogP contribution in [-0.4, -0.2) is 25.5 Å². The van der Waals surface area contributed by atoms with Gasteiger partial charge in [0.2, 0.25) is 0 Å². The molecule has 0 saturated heterocycles. The summed E-state index contributed by atoms with van der Waals surface area (Å²) in [6.07, 6.45) is -3.98. The molecule has 144 valence electrons. The van der Waals surface area contributed by atoms with Gasteiger partial charge in [-0.05, 0) is 18.2 Å². The van der Waals surface area contributed by atoms with Crippen molar-refractivity contribution >= 4 is 11.6 Å². The second-order valence-corrected chi connectivity index (χ2v) is 5.69. The Hall–Kier alpha value is -3.10. The van der Waals surface area contributed by atoms with E-state index in [9.17, 15) is 13.2 Å². The Morgan fingerprint density at radius 1 is 1.11 bits per heavy atom. The Balaban J connectivity index is 1.68. The molecule has 6 nitrogen and oxygen atoms in total. The minimum atomic E-state index is -4.77. The monoisotopic (exact) mass is 381 g/mol. The third-order valence-electron chi connectivity index (χ3n) is 3.64. The van der Waals surface area contributed by atoms with Crippen LogP contribution < -0.4 is 25.3 Å². The predicted molar refractivity (Wildman–Crippen MR) is 94.1 cm³/mol. The number of nitrogens with zero attached hydrogens (tertiary/aromatic N) is 1. The van der Waals surface area contributed by atoms with Gasteiger partial charge in [0.1, 0.15) is 5.75 Å². The van der Waals surface area contributed by atoms with E-state index in [0.29, 0.717) is 30.4 Å². The molecule has 0 aromatic heterocycles. The van der Waals surface area contributed by atoms with Crippen molar-refractivity contribution in [1.82, 2.24) is 0 Å². The van der Waals surface area contributed by atoms with Crippen LogP contribution in [0.3, 0.4) is 0 Å². The van der Waals surface area contributed by atoms with Crippen LogP contribution in [0.4, 0.5) is 18.9 Å². The first-order valence-corrected chi connectivity index (χ1v) is 8.21. The van der Waals surface area contributed by atoms with E-state index in [1.54, 1.807) is 24.3 Å². The lowest BCUT2D eigenvalue weighted by molar-refractivity contribution is -0.274. The molecule has 0 fully saturated rings. The summed E-state index contributed by atoms with van der Waals surface area (Å²) in [5.41, 5.74) is 6.73. The number of para-hydroxylation sites is 1. The molecule has 3 rings (SSSR count). The number of anilines is 1. The number of ether oxygens (including phenoxy) is 3. The van der Waals surface area contributed by atoms with Crippen molar-refractivity contribution in [3.05, 3.63) is 48.0 Å². The number of fused-ring (bicyclic) bond motifs is 1. The van der Waals surface area contributed by atoms with Gasteiger partial charge in [0.15, 0.2) is 17.5 Å². The molecule has 0 radical (unpaired) electrons. The number of nitrogens with one attached hydrogen (secondary N) is 1. The summed E-state index contributed by atoms with van der Waals surface area (Å²) in [7, 11) is 0. The van der Waals surface area contributed by atoms with Crippen molar-refractivity contribution in [3.8, 4) is 17.2 Å². The maximum absolute atomic E-state index is 12.5. The maximum Gasteiger partial charge on any atom is 0.573 e. The highest BCUT2D eigenvalue weighted by Gasteiger charge is 2.31. The minimum Gasteiger partial charge on any atom is -0.490 e. The summed E-state index contributed by atoms with van der Waals surface area (Å²) in [4.78, 5) is 4.07. The van der Waals surface area contributed by atoms with Gasteiger partial charge in [-0.3, -0.25) is 0 Å². The number of halogens is 3. The van der Waals surface area contributed by atoms with Crippen LogP contribution in [0, 0.1) is 0 Å². The molecule has 1 aliphatic rings. The Bertz CT molecular complexity index is 825. The summed E-state index contributed by atoms with van der Waals surface area (Å²) in [5.74, 6) is 0.976. The van der Waals surface area contributed by atoms with Crippen molar-refractivity contribution in [3.63, 3.8) is 0 Å². The molecule has 3 N–H and O–H groups in total. The molecule has 0 amide bonds. The zero-order valence-corrected chi connectivity index (χ0v) is 14.3. The van der Waals surface area contributed by atoms with Crippen molar-refractivity contribution < 1.29 is 27.4 Å². The van der Waals surface area contributed by atoms with Crippen molar-refractivity contribution in [2.45, 2.75) is 19.3 Å². The fourth-order valence-corrected chi connectivity index (χ4v) is 2.46. The Kier molecular flexibility index (Phi) is 5.58. The molecule has 0 unspecified atom stereocenters. The van der Waals surface area contributed by atoms with Gasteiger partial charge in [0.25, 0.3) is 0 Å². The smallest absolute Gasteiger partial charge is 0.490 e. The van der Waals surface area contributed by atoms with Crippen LogP contribution in [0.5, 0.6) is 17.2 Å². The van der Waals surface area contributed by atoms with Gasteiger partial charge in [-0.25, -0.2) is 4.99 Å². The maximum atomic E-state index is 12.5. The van der Waals surface area contributed by atoms with Gasteiger partial charge in [0.05, 0.1) is 19.8 Å². The molecular weight excluding hydrogens is 363 g/mol. The van der Waals surface area contributed by atoms with Crippen molar-refractivity contribution in [2.24, 2.45) is 10.7 Å². The van der Waals surface area contributed by atoms with Crippen LogP contribution in [0.25, 0.3) is 0 Å². The van der Waals surface area contributed by atoms with E-state index in [-0.39, 0.29) is 23.8 Å². The van der Waals surface area contributed by atoms with Gasteiger partial charge in [-0.2, -0.15) is 0 Å². The molecule has 1 heterocycles. The number of hydrogen-bond donors (Lipinski definition) is 2. The largest absolute Gasteiger partial charge is 0.573 e. The summed E-state index contributed by atoms with van der Waals surface area (Å²) < 4.78 is 52.5. The fraction of sp³-hybridized carbons (Fsp3) is 0.278. The number of alkyl halides is 3. The van der Waals surface area contributed by atoms with E-state index in [1.807, 2.05) is 0 Å². The first-order valence-electron chi connectivity index (χ1n) is 8.21. The lowest BCUT2D eigenvalue weighted by Gasteiger charge is -2.13. The number of hydrogen-bond acceptors (Lipinski definition) is 4. The number of rotatable bonds is 4. The average molecular weight is 381 g/mol. The van der Waals surface area contributed by atoms with Crippen LogP contribution >= 0.6 is 0 Å². The predicted octanol–water partition coefficient (Wildman–Crippen LogP) is 3.67. The van der Waals surface area contributed by atoms with Crippen molar-refractivity contribution in [2.75, 3.05) is 18.5 Å². The number of nitrogens with two attached hydrogens (primary N) is 1. The minimum absolute atomic E-state index is 0.0475.